The fraction of sp³-hybridized carbons (Fsp3) is 0.190. The van der Waals surface area contributed by atoms with Gasteiger partial charge in [-0.3, -0.25) is 0 Å². The third kappa shape index (κ3) is 5.56. The van der Waals surface area contributed by atoms with Crippen LogP contribution in [0.15, 0.2) is 84.7 Å². The van der Waals surface area contributed by atoms with Crippen LogP contribution in [-0.2, 0) is 6.18 Å². The van der Waals surface area contributed by atoms with E-state index in [9.17, 15) is 13.2 Å². The maximum Gasteiger partial charge on any atom is 0.416 e. The molecule has 1 aliphatic heterocycles. The van der Waals surface area contributed by atoms with Crippen molar-refractivity contribution in [1.29, 1.82) is 0 Å². The molecule has 142 valence electrons. The van der Waals surface area contributed by atoms with Crippen molar-refractivity contribution < 1.29 is 18.3 Å². The molecule has 6 heteroatoms. The first-order valence-corrected chi connectivity index (χ1v) is 8.40. The maximum atomic E-state index is 13.1. The number of hydrogen-bond acceptors (Lipinski definition) is 3. The van der Waals surface area contributed by atoms with Gasteiger partial charge in [-0.25, -0.2) is 5.01 Å². The van der Waals surface area contributed by atoms with Gasteiger partial charge in [0.2, 0.25) is 0 Å². The molecule has 27 heavy (non-hydrogen) atoms. The molecule has 1 aromatic rings. The first kappa shape index (κ1) is 20.5. The van der Waals surface area contributed by atoms with Gasteiger partial charge in [0.15, 0.2) is 0 Å². The minimum absolute atomic E-state index is 0.108. The van der Waals surface area contributed by atoms with Gasteiger partial charge in [-0.2, -0.15) is 18.3 Å². The number of aliphatic hydroxyl groups is 1. The summed E-state index contributed by atoms with van der Waals surface area (Å²) in [6.07, 6.45) is 7.19. The van der Waals surface area contributed by atoms with E-state index in [1.54, 1.807) is 30.4 Å². The molecule has 0 unspecified atom stereocenters. The van der Waals surface area contributed by atoms with Gasteiger partial charge in [0, 0.05) is 12.2 Å². The zero-order valence-electron chi connectivity index (χ0n) is 14.8. The number of allylic oxidation sites excluding steroid dienone is 6. The predicted molar refractivity (Wildman–Crippen MR) is 103 cm³/mol. The molecule has 0 saturated heterocycles. The molecule has 0 bridgehead atoms. The highest BCUT2D eigenvalue weighted by Gasteiger charge is 2.31. The minimum Gasteiger partial charge on any atom is -0.396 e. The minimum atomic E-state index is -4.43. The highest BCUT2D eigenvalue weighted by atomic mass is 19.4. The van der Waals surface area contributed by atoms with Crippen LogP contribution in [0.1, 0.15) is 24.0 Å². The Morgan fingerprint density at radius 3 is 2.70 bits per heavy atom. The Balaban J connectivity index is 2.38. The van der Waals surface area contributed by atoms with Crippen molar-refractivity contribution in [3.8, 4) is 0 Å². The molecule has 0 atom stereocenters. The summed E-state index contributed by atoms with van der Waals surface area (Å²) in [6.45, 7) is 7.67. The van der Waals surface area contributed by atoms with Crippen molar-refractivity contribution in [1.82, 2.24) is 5.01 Å². The number of benzene rings is 1. The van der Waals surface area contributed by atoms with Gasteiger partial charge >= 0.3 is 6.18 Å². The topological polar surface area (TPSA) is 35.8 Å². The summed E-state index contributed by atoms with van der Waals surface area (Å²) in [7, 11) is 0. The molecule has 0 aliphatic carbocycles. The van der Waals surface area contributed by atoms with E-state index in [-0.39, 0.29) is 6.61 Å². The van der Waals surface area contributed by atoms with E-state index in [1.807, 2.05) is 6.08 Å². The lowest BCUT2D eigenvalue weighted by atomic mass is 10.1. The normalized spacial score (nSPS) is 15.4. The van der Waals surface area contributed by atoms with Crippen LogP contribution in [0.3, 0.4) is 0 Å². The highest BCUT2D eigenvalue weighted by Crippen LogP contribution is 2.33. The summed E-state index contributed by atoms with van der Waals surface area (Å²) in [6, 6.07) is 5.05. The third-order valence-corrected chi connectivity index (χ3v) is 3.74. The van der Waals surface area contributed by atoms with E-state index in [2.05, 4.69) is 18.3 Å². The second-order valence-electron chi connectivity index (χ2n) is 5.80. The van der Waals surface area contributed by atoms with E-state index in [4.69, 9.17) is 5.11 Å². The van der Waals surface area contributed by atoms with Crippen molar-refractivity contribution in [2.45, 2.75) is 19.0 Å². The van der Waals surface area contributed by atoms with Crippen molar-refractivity contribution in [3.05, 3.63) is 90.7 Å². The summed E-state index contributed by atoms with van der Waals surface area (Å²) in [5, 5.41) is 14.8. The van der Waals surface area contributed by atoms with Crippen LogP contribution in [0.25, 0.3) is 5.70 Å². The lowest BCUT2D eigenvalue weighted by Crippen LogP contribution is -2.19. The van der Waals surface area contributed by atoms with Crippen LogP contribution in [0, 0.1) is 0 Å². The smallest absolute Gasteiger partial charge is 0.396 e. The van der Waals surface area contributed by atoms with E-state index in [1.165, 1.54) is 17.2 Å². The number of rotatable bonds is 7. The van der Waals surface area contributed by atoms with Crippen molar-refractivity contribution in [2.75, 3.05) is 6.61 Å². The zero-order chi connectivity index (χ0) is 19.9. The molecule has 0 fully saturated rings. The van der Waals surface area contributed by atoms with Crippen LogP contribution >= 0.6 is 0 Å². The second-order valence-corrected chi connectivity index (χ2v) is 5.80. The monoisotopic (exact) mass is 374 g/mol. The first-order chi connectivity index (χ1) is 12.9. The molecule has 1 aromatic carbocycles. The number of hydrogen-bond donors (Lipinski definition) is 1. The molecule has 1 heterocycles. The molecule has 0 aromatic heterocycles. The Labute approximate surface area is 156 Å². The number of aliphatic hydroxyl groups excluding tert-OH is 1. The standard InChI is InChI=1S/C21H21F3N2O/c1-3-8-20(17-9-7-10-18(15-17)21(22,23)24)26-16(2)12-13-19(25-26)11-5-4-6-14-27/h3,5,7-13,15,27H,1-2,4,6,14H2/b11-5+,20-8-. The first-order valence-electron chi connectivity index (χ1n) is 8.40. The molecule has 0 spiro atoms. The zero-order valence-corrected chi connectivity index (χ0v) is 14.8. The van der Waals surface area contributed by atoms with E-state index >= 15 is 0 Å². The summed E-state index contributed by atoms with van der Waals surface area (Å²) in [4.78, 5) is 0. The lowest BCUT2D eigenvalue weighted by molar-refractivity contribution is -0.137. The van der Waals surface area contributed by atoms with E-state index in [0.717, 1.165) is 12.1 Å². The Kier molecular flexibility index (Phi) is 6.96. The summed E-state index contributed by atoms with van der Waals surface area (Å²) >= 11 is 0. The predicted octanol–water partition coefficient (Wildman–Crippen LogP) is 5.30. The Hall–Kier alpha value is -2.86. The van der Waals surface area contributed by atoms with Gasteiger partial charge in [0.05, 0.1) is 22.7 Å². The Morgan fingerprint density at radius 1 is 1.26 bits per heavy atom. The van der Waals surface area contributed by atoms with Gasteiger partial charge in [0.1, 0.15) is 0 Å². The molecule has 3 nitrogen and oxygen atoms in total. The van der Waals surface area contributed by atoms with Crippen LogP contribution < -0.4 is 0 Å². The van der Waals surface area contributed by atoms with Crippen LogP contribution in [-0.4, -0.2) is 22.4 Å². The molecule has 0 radical (unpaired) electrons. The average Bonchev–Trinajstić information content (AvgIpc) is 2.64. The SMILES string of the molecule is C=C/C=C(/c1cccc(C(F)(F)F)c1)N1N=C(/C=C/CCCO)C=CC1=C. The molecule has 1 aliphatic rings. The molecular weight excluding hydrogens is 353 g/mol. The quantitative estimate of drug-likeness (QED) is 0.519. The van der Waals surface area contributed by atoms with Gasteiger partial charge in [0.25, 0.3) is 0 Å². The largest absolute Gasteiger partial charge is 0.416 e. The number of nitrogens with zero attached hydrogens (tertiary/aromatic N) is 2. The van der Waals surface area contributed by atoms with Gasteiger partial charge in [-0.1, -0.05) is 37.4 Å². The Morgan fingerprint density at radius 2 is 2.04 bits per heavy atom. The van der Waals surface area contributed by atoms with Gasteiger partial charge in [-0.15, -0.1) is 0 Å². The lowest BCUT2D eigenvalue weighted by Gasteiger charge is -2.26. The molecule has 0 saturated carbocycles. The highest BCUT2D eigenvalue weighted by molar-refractivity contribution is 6.05. The Bertz CT molecular complexity index is 817. The van der Waals surface area contributed by atoms with Crippen LogP contribution in [0.4, 0.5) is 13.2 Å². The summed E-state index contributed by atoms with van der Waals surface area (Å²) in [5.74, 6) is 0. The van der Waals surface area contributed by atoms with E-state index in [0.29, 0.717) is 35.5 Å². The van der Waals surface area contributed by atoms with E-state index < -0.39 is 11.7 Å². The third-order valence-electron chi connectivity index (χ3n) is 3.74. The number of unbranched alkanes of at least 4 members (excludes halogenated alkanes) is 1. The van der Waals surface area contributed by atoms with Crippen LogP contribution in [0.5, 0.6) is 0 Å². The van der Waals surface area contributed by atoms with Crippen LogP contribution in [0.2, 0.25) is 0 Å². The number of alkyl halides is 3. The molecule has 1 N–H and O–H groups in total. The fourth-order valence-corrected chi connectivity index (χ4v) is 2.43. The van der Waals surface area contributed by atoms with Crippen molar-refractivity contribution >= 4 is 11.4 Å². The molecular formula is C21H21F3N2O. The molecule has 2 rings (SSSR count). The fourth-order valence-electron chi connectivity index (χ4n) is 2.43. The second kappa shape index (κ2) is 9.19. The summed E-state index contributed by atoms with van der Waals surface area (Å²) in [5.41, 5.74) is 1.21. The molecule has 0 amide bonds. The van der Waals surface area contributed by atoms with Crippen molar-refractivity contribution in [3.63, 3.8) is 0 Å². The number of hydrazone groups is 1. The van der Waals surface area contributed by atoms with Gasteiger partial charge < -0.3 is 5.11 Å². The average molecular weight is 374 g/mol. The van der Waals surface area contributed by atoms with Gasteiger partial charge in [-0.05, 0) is 49.3 Å². The maximum absolute atomic E-state index is 13.1. The number of halogens is 3. The summed E-state index contributed by atoms with van der Waals surface area (Å²) < 4.78 is 39.2. The van der Waals surface area contributed by atoms with Crippen molar-refractivity contribution in [2.24, 2.45) is 5.10 Å².